The second-order valence-corrected chi connectivity index (χ2v) is 3.13. The molecule has 0 fully saturated rings. The van der Waals surface area contributed by atoms with Crippen molar-refractivity contribution in [2.75, 3.05) is 0 Å². The fourth-order valence-electron chi connectivity index (χ4n) is 1.60. The Labute approximate surface area is 81.4 Å². The number of para-hydroxylation sites is 1. The summed E-state index contributed by atoms with van der Waals surface area (Å²) in [6.07, 6.45) is 4.35. The molecule has 1 radical (unpaired) electrons. The Hall–Kier alpha value is -1.90. The van der Waals surface area contributed by atoms with Crippen molar-refractivity contribution in [2.24, 2.45) is 0 Å². The molecule has 0 atom stereocenters. The van der Waals surface area contributed by atoms with Gasteiger partial charge in [-0.25, -0.2) is 9.97 Å². The van der Waals surface area contributed by atoms with E-state index in [9.17, 15) is 0 Å². The molecule has 3 nitrogen and oxygen atoms in total. The van der Waals surface area contributed by atoms with Crippen LogP contribution in [0.4, 0.5) is 0 Å². The predicted octanol–water partition coefficient (Wildman–Crippen LogP) is 1.84. The van der Waals surface area contributed by atoms with Gasteiger partial charge < -0.3 is 4.74 Å². The normalized spacial score (nSPS) is 12.6. The Balaban J connectivity index is 2.29. The number of fused-ring (bicyclic) bond motifs is 3. The zero-order chi connectivity index (χ0) is 9.38. The maximum atomic E-state index is 5.56. The molecule has 3 rings (SSSR count). The van der Waals surface area contributed by atoms with Crippen molar-refractivity contribution in [3.8, 4) is 17.0 Å². The van der Waals surface area contributed by atoms with E-state index in [1.54, 1.807) is 6.20 Å². The summed E-state index contributed by atoms with van der Waals surface area (Å²) in [4.78, 5) is 8.00. The van der Waals surface area contributed by atoms with E-state index in [1.807, 2.05) is 24.3 Å². The lowest BCUT2D eigenvalue weighted by molar-refractivity contribution is 0.301. The van der Waals surface area contributed by atoms with E-state index < -0.39 is 0 Å². The van der Waals surface area contributed by atoms with Crippen molar-refractivity contribution >= 4 is 0 Å². The van der Waals surface area contributed by atoms with E-state index in [4.69, 9.17) is 4.74 Å². The van der Waals surface area contributed by atoms with Gasteiger partial charge in [0.2, 0.25) is 0 Å². The molecule has 1 aromatic carbocycles. The van der Waals surface area contributed by atoms with Crippen LogP contribution in [0, 0.1) is 6.33 Å². The van der Waals surface area contributed by atoms with Gasteiger partial charge in [-0.3, -0.25) is 0 Å². The van der Waals surface area contributed by atoms with E-state index >= 15 is 0 Å². The summed E-state index contributed by atoms with van der Waals surface area (Å²) in [5, 5.41) is 0. The minimum Gasteiger partial charge on any atom is -0.488 e. The largest absolute Gasteiger partial charge is 0.488 e. The third kappa shape index (κ3) is 0.988. The van der Waals surface area contributed by atoms with Crippen molar-refractivity contribution in [1.29, 1.82) is 0 Å². The number of hydrogen-bond acceptors (Lipinski definition) is 3. The highest BCUT2D eigenvalue weighted by molar-refractivity contribution is 5.70. The third-order valence-corrected chi connectivity index (χ3v) is 2.27. The molecule has 0 amide bonds. The van der Waals surface area contributed by atoms with Gasteiger partial charge in [0, 0.05) is 17.3 Å². The lowest BCUT2D eigenvalue weighted by Crippen LogP contribution is -2.07. The van der Waals surface area contributed by atoms with Crippen LogP contribution >= 0.6 is 0 Å². The fraction of sp³-hybridized carbons (Fsp3) is 0.0909. The van der Waals surface area contributed by atoms with Crippen molar-refractivity contribution in [2.45, 2.75) is 6.61 Å². The zero-order valence-corrected chi connectivity index (χ0v) is 7.40. The van der Waals surface area contributed by atoms with Crippen molar-refractivity contribution < 1.29 is 4.74 Å². The van der Waals surface area contributed by atoms with E-state index in [0.717, 1.165) is 22.6 Å². The Morgan fingerprint density at radius 1 is 1.29 bits per heavy atom. The monoisotopic (exact) mass is 183 g/mol. The number of benzene rings is 1. The van der Waals surface area contributed by atoms with Gasteiger partial charge in [0.15, 0.2) is 6.33 Å². The first kappa shape index (κ1) is 7.50. The van der Waals surface area contributed by atoms with Crippen LogP contribution in [0.5, 0.6) is 5.75 Å². The summed E-state index contributed by atoms with van der Waals surface area (Å²) >= 11 is 0. The highest BCUT2D eigenvalue weighted by Crippen LogP contribution is 2.34. The first-order valence-corrected chi connectivity index (χ1v) is 4.39. The average Bonchev–Trinajstić information content (AvgIpc) is 2.29. The van der Waals surface area contributed by atoms with Crippen LogP contribution in [-0.4, -0.2) is 9.97 Å². The van der Waals surface area contributed by atoms with E-state index in [1.165, 1.54) is 0 Å². The summed E-state index contributed by atoms with van der Waals surface area (Å²) in [6.45, 7) is 0.543. The number of nitrogens with zero attached hydrogens (tertiary/aromatic N) is 2. The molecule has 1 aliphatic heterocycles. The van der Waals surface area contributed by atoms with Gasteiger partial charge in [0.1, 0.15) is 12.4 Å². The molecule has 0 saturated heterocycles. The van der Waals surface area contributed by atoms with Gasteiger partial charge in [-0.2, -0.15) is 0 Å². The molecule has 2 heterocycles. The van der Waals surface area contributed by atoms with Gasteiger partial charge in [-0.05, 0) is 12.1 Å². The van der Waals surface area contributed by atoms with E-state index in [0.29, 0.717) is 6.61 Å². The summed E-state index contributed by atoms with van der Waals surface area (Å²) in [5.74, 6) is 0.882. The Morgan fingerprint density at radius 3 is 3.21 bits per heavy atom. The number of hydrogen-bond donors (Lipinski definition) is 0. The van der Waals surface area contributed by atoms with E-state index in [2.05, 4.69) is 16.3 Å². The van der Waals surface area contributed by atoms with Crippen molar-refractivity contribution in [3.05, 3.63) is 42.4 Å². The van der Waals surface area contributed by atoms with Crippen LogP contribution in [0.15, 0.2) is 30.5 Å². The molecule has 0 spiro atoms. The molecular weight excluding hydrogens is 176 g/mol. The summed E-state index contributed by atoms with van der Waals surface area (Å²) in [6, 6.07) is 7.86. The Morgan fingerprint density at radius 2 is 2.21 bits per heavy atom. The molecule has 1 aliphatic rings. The topological polar surface area (TPSA) is 35.0 Å². The van der Waals surface area contributed by atoms with Crippen LogP contribution < -0.4 is 4.74 Å². The lowest BCUT2D eigenvalue weighted by Gasteiger charge is -2.18. The molecule has 14 heavy (non-hydrogen) atoms. The lowest BCUT2D eigenvalue weighted by atomic mass is 10.0. The minimum absolute atomic E-state index is 0.543. The number of ether oxygens (including phenoxy) is 1. The smallest absolute Gasteiger partial charge is 0.198 e. The van der Waals surface area contributed by atoms with Crippen LogP contribution in [0.25, 0.3) is 11.3 Å². The van der Waals surface area contributed by atoms with Crippen molar-refractivity contribution in [1.82, 2.24) is 9.97 Å². The van der Waals surface area contributed by atoms with E-state index in [-0.39, 0.29) is 0 Å². The first-order valence-electron chi connectivity index (χ1n) is 4.39. The fourth-order valence-corrected chi connectivity index (χ4v) is 1.60. The van der Waals surface area contributed by atoms with Crippen molar-refractivity contribution in [3.63, 3.8) is 0 Å². The van der Waals surface area contributed by atoms with Crippen LogP contribution in [0.2, 0.25) is 0 Å². The SMILES string of the molecule is [c]1ncc2c(n1)-c1ccccc1OC2. The van der Waals surface area contributed by atoms with Crippen LogP contribution in [-0.2, 0) is 6.61 Å². The standard InChI is InChI=1S/C11H7N2O/c1-2-4-10-9(3-1)11-8(6-14-10)5-12-7-13-11/h1-5H,6H2. The molecule has 3 heteroatoms. The minimum atomic E-state index is 0.543. The second kappa shape index (κ2) is 2.80. The molecule has 0 saturated carbocycles. The average molecular weight is 183 g/mol. The van der Waals surface area contributed by atoms with Gasteiger partial charge in [-0.15, -0.1) is 0 Å². The number of rotatable bonds is 0. The summed E-state index contributed by atoms with van der Waals surface area (Å²) in [7, 11) is 0. The molecule has 1 aromatic heterocycles. The first-order chi connectivity index (χ1) is 6.95. The van der Waals surface area contributed by atoms with Gasteiger partial charge >= 0.3 is 0 Å². The quantitative estimate of drug-likeness (QED) is 0.625. The molecule has 0 aliphatic carbocycles. The second-order valence-electron chi connectivity index (χ2n) is 3.13. The molecule has 0 bridgehead atoms. The third-order valence-electron chi connectivity index (χ3n) is 2.27. The van der Waals surface area contributed by atoms with Gasteiger partial charge in [-0.1, -0.05) is 12.1 Å². The number of aromatic nitrogens is 2. The van der Waals surface area contributed by atoms with Crippen LogP contribution in [0.1, 0.15) is 5.56 Å². The molecule has 2 aromatic rings. The molecule has 0 N–H and O–H groups in total. The summed E-state index contributed by atoms with van der Waals surface area (Å²) < 4.78 is 5.56. The maximum Gasteiger partial charge on any atom is 0.198 e. The predicted molar refractivity (Wildman–Crippen MR) is 50.6 cm³/mol. The maximum absolute atomic E-state index is 5.56. The van der Waals surface area contributed by atoms with Gasteiger partial charge in [0.25, 0.3) is 0 Å². The molecule has 0 unspecified atom stereocenters. The van der Waals surface area contributed by atoms with Gasteiger partial charge in [0.05, 0.1) is 5.69 Å². The Kier molecular flexibility index (Phi) is 1.50. The Bertz CT molecular complexity index is 437. The van der Waals surface area contributed by atoms with Crippen LogP contribution in [0.3, 0.4) is 0 Å². The molecule has 67 valence electrons. The summed E-state index contributed by atoms with van der Waals surface area (Å²) in [5.41, 5.74) is 2.97. The highest BCUT2D eigenvalue weighted by atomic mass is 16.5. The molecular formula is C11H7N2O. The zero-order valence-electron chi connectivity index (χ0n) is 7.40. The highest BCUT2D eigenvalue weighted by Gasteiger charge is 2.17.